The van der Waals surface area contributed by atoms with Crippen molar-refractivity contribution in [3.63, 3.8) is 0 Å². The molecule has 0 atom stereocenters. The van der Waals surface area contributed by atoms with Crippen LogP contribution in [0.3, 0.4) is 0 Å². The lowest BCUT2D eigenvalue weighted by Crippen LogP contribution is -2.15. The zero-order valence-corrected chi connectivity index (χ0v) is 13.8. The average Bonchev–Trinajstić information content (AvgIpc) is 2.90. The van der Waals surface area contributed by atoms with Crippen molar-refractivity contribution in [1.29, 1.82) is 0 Å². The highest BCUT2D eigenvalue weighted by atomic mass is 35.5. The summed E-state index contributed by atoms with van der Waals surface area (Å²) in [4.78, 5) is 12.2. The minimum Gasteiger partial charge on any atom is -0.464 e. The molecule has 0 saturated carbocycles. The third kappa shape index (κ3) is 3.79. The second-order valence-corrected chi connectivity index (χ2v) is 6.09. The topological polar surface area (TPSA) is 42.2 Å². The summed E-state index contributed by atoms with van der Waals surface area (Å²) in [5.74, 6) is -0.482. The summed E-state index contributed by atoms with van der Waals surface area (Å²) in [6.45, 7) is 1.92. The van der Waals surface area contributed by atoms with Crippen LogP contribution >= 0.6 is 11.6 Å². The zero-order chi connectivity index (χ0) is 18.2. The molecule has 0 saturated heterocycles. The number of rotatable bonds is 3. The molecule has 0 aliphatic rings. The van der Waals surface area contributed by atoms with Gasteiger partial charge >= 0.3 is 6.18 Å². The number of anilines is 1. The maximum absolute atomic E-state index is 12.8. The number of hydrogen-bond donors (Lipinski definition) is 1. The Morgan fingerprint density at radius 1 is 1.20 bits per heavy atom. The van der Waals surface area contributed by atoms with Gasteiger partial charge in [0.25, 0.3) is 0 Å². The Hall–Kier alpha value is -2.47. The van der Waals surface area contributed by atoms with Gasteiger partial charge in [-0.25, -0.2) is 0 Å². The number of hydrogen-bond acceptors (Lipinski definition) is 2. The van der Waals surface area contributed by atoms with Gasteiger partial charge in [-0.15, -0.1) is 0 Å². The fourth-order valence-electron chi connectivity index (χ4n) is 2.49. The van der Waals surface area contributed by atoms with E-state index in [-0.39, 0.29) is 17.1 Å². The summed E-state index contributed by atoms with van der Waals surface area (Å²) in [5.41, 5.74) is 1.37. The Bertz CT molecular complexity index is 947. The lowest BCUT2D eigenvalue weighted by molar-refractivity contribution is -0.137. The van der Waals surface area contributed by atoms with Gasteiger partial charge in [0.15, 0.2) is 0 Å². The monoisotopic (exact) mass is 367 g/mol. The van der Waals surface area contributed by atoms with Gasteiger partial charge in [-0.1, -0.05) is 23.7 Å². The van der Waals surface area contributed by atoms with E-state index in [2.05, 4.69) is 5.32 Å². The van der Waals surface area contributed by atoms with Crippen LogP contribution in [0.1, 0.15) is 16.7 Å². The molecule has 0 aliphatic carbocycles. The molecule has 1 aromatic heterocycles. The van der Waals surface area contributed by atoms with Crippen LogP contribution in [-0.4, -0.2) is 5.91 Å². The van der Waals surface area contributed by atoms with Crippen LogP contribution in [0.15, 0.2) is 47.1 Å². The highest BCUT2D eigenvalue weighted by molar-refractivity contribution is 6.33. The molecule has 1 amide bonds. The molecule has 2 aromatic carbocycles. The van der Waals surface area contributed by atoms with Crippen LogP contribution in [0.5, 0.6) is 0 Å². The van der Waals surface area contributed by atoms with E-state index in [1.54, 1.807) is 0 Å². The zero-order valence-electron chi connectivity index (χ0n) is 13.1. The van der Waals surface area contributed by atoms with Crippen molar-refractivity contribution in [2.45, 2.75) is 19.5 Å². The molecule has 1 heterocycles. The molecule has 1 N–H and O–H groups in total. The summed E-state index contributed by atoms with van der Waals surface area (Å²) in [6, 6.07) is 8.37. The van der Waals surface area contributed by atoms with E-state index in [1.165, 1.54) is 6.26 Å². The Morgan fingerprint density at radius 3 is 2.68 bits per heavy atom. The molecule has 3 rings (SSSR count). The summed E-state index contributed by atoms with van der Waals surface area (Å²) < 4.78 is 43.8. The average molecular weight is 368 g/mol. The number of carbonyl (C=O) groups is 1. The lowest BCUT2D eigenvalue weighted by Gasteiger charge is -2.11. The first-order valence-corrected chi connectivity index (χ1v) is 7.75. The van der Waals surface area contributed by atoms with E-state index in [1.807, 2.05) is 25.1 Å². The fraction of sp³-hybridized carbons (Fsp3) is 0.167. The predicted molar refractivity (Wildman–Crippen MR) is 89.7 cm³/mol. The number of alkyl halides is 3. The SMILES string of the molecule is Cc1ccc2c(CC(=O)Nc3cc(C(F)(F)F)ccc3Cl)coc2c1. The Balaban J connectivity index is 1.80. The summed E-state index contributed by atoms with van der Waals surface area (Å²) in [7, 11) is 0. The van der Waals surface area contributed by atoms with Gasteiger partial charge in [0.05, 0.1) is 29.0 Å². The smallest absolute Gasteiger partial charge is 0.416 e. The molecule has 7 heteroatoms. The van der Waals surface area contributed by atoms with Gasteiger partial charge < -0.3 is 9.73 Å². The van der Waals surface area contributed by atoms with E-state index >= 15 is 0 Å². The van der Waals surface area contributed by atoms with Crippen molar-refractivity contribution in [3.8, 4) is 0 Å². The van der Waals surface area contributed by atoms with Crippen molar-refractivity contribution in [2.24, 2.45) is 0 Å². The number of fused-ring (bicyclic) bond motifs is 1. The molecule has 130 valence electrons. The standard InChI is InChI=1S/C18H13ClF3NO2/c1-10-2-4-13-11(9-25-16(13)6-10)7-17(24)23-15-8-12(18(20,21)22)3-5-14(15)19/h2-6,8-9H,7H2,1H3,(H,23,24). The van der Waals surface area contributed by atoms with Crippen LogP contribution in [-0.2, 0) is 17.4 Å². The predicted octanol–water partition coefficient (Wildman–Crippen LogP) is 5.59. The van der Waals surface area contributed by atoms with Crippen LogP contribution in [0.25, 0.3) is 11.0 Å². The molecule has 0 fully saturated rings. The fourth-order valence-corrected chi connectivity index (χ4v) is 2.66. The van der Waals surface area contributed by atoms with Crippen molar-refractivity contribution in [1.82, 2.24) is 0 Å². The maximum Gasteiger partial charge on any atom is 0.416 e. The van der Waals surface area contributed by atoms with Gasteiger partial charge in [-0.3, -0.25) is 4.79 Å². The van der Waals surface area contributed by atoms with Gasteiger partial charge in [-0.05, 0) is 36.8 Å². The van der Waals surface area contributed by atoms with Crippen LogP contribution in [0.2, 0.25) is 5.02 Å². The Kier molecular flexibility index (Phi) is 4.47. The number of benzene rings is 2. The molecule has 0 aliphatic heterocycles. The molecular formula is C18H13ClF3NO2. The Labute approximate surface area is 146 Å². The number of amides is 1. The molecule has 0 radical (unpaired) electrons. The minimum absolute atomic E-state index is 0.0361. The quantitative estimate of drug-likeness (QED) is 0.655. The van der Waals surface area contributed by atoms with Crippen molar-refractivity contribution < 1.29 is 22.4 Å². The largest absolute Gasteiger partial charge is 0.464 e. The molecule has 25 heavy (non-hydrogen) atoms. The van der Waals surface area contributed by atoms with Crippen molar-refractivity contribution >= 4 is 34.2 Å². The molecule has 3 aromatic rings. The second-order valence-electron chi connectivity index (χ2n) is 5.68. The number of furan rings is 1. The maximum atomic E-state index is 12.8. The van der Waals surface area contributed by atoms with Crippen LogP contribution in [0, 0.1) is 6.92 Å². The first kappa shape index (κ1) is 17.4. The van der Waals surface area contributed by atoms with Gasteiger partial charge in [-0.2, -0.15) is 13.2 Å². The van der Waals surface area contributed by atoms with E-state index < -0.39 is 17.6 Å². The first-order chi connectivity index (χ1) is 11.7. The van der Waals surface area contributed by atoms with Gasteiger partial charge in [0.2, 0.25) is 5.91 Å². The third-order valence-corrected chi connectivity index (χ3v) is 4.06. The normalized spacial score (nSPS) is 11.7. The number of halogens is 4. The third-order valence-electron chi connectivity index (χ3n) is 3.73. The summed E-state index contributed by atoms with van der Waals surface area (Å²) in [6.07, 6.45) is -3.08. The van der Waals surface area contributed by atoms with E-state index in [9.17, 15) is 18.0 Å². The molecular weight excluding hydrogens is 355 g/mol. The summed E-state index contributed by atoms with van der Waals surface area (Å²) >= 11 is 5.88. The van der Waals surface area contributed by atoms with E-state index in [4.69, 9.17) is 16.0 Å². The molecule has 3 nitrogen and oxygen atoms in total. The lowest BCUT2D eigenvalue weighted by atomic mass is 10.1. The highest BCUT2D eigenvalue weighted by Crippen LogP contribution is 2.34. The number of nitrogens with one attached hydrogen (secondary N) is 1. The highest BCUT2D eigenvalue weighted by Gasteiger charge is 2.31. The Morgan fingerprint density at radius 2 is 1.96 bits per heavy atom. The number of aryl methyl sites for hydroxylation is 1. The number of carbonyl (C=O) groups excluding carboxylic acids is 1. The molecule has 0 unspecified atom stereocenters. The van der Waals surface area contributed by atoms with Gasteiger partial charge in [0.1, 0.15) is 5.58 Å². The summed E-state index contributed by atoms with van der Waals surface area (Å²) in [5, 5.41) is 3.25. The second kappa shape index (κ2) is 6.44. The molecule has 0 bridgehead atoms. The van der Waals surface area contributed by atoms with E-state index in [0.717, 1.165) is 29.1 Å². The van der Waals surface area contributed by atoms with Crippen molar-refractivity contribution in [3.05, 3.63) is 64.4 Å². The molecule has 0 spiro atoms. The first-order valence-electron chi connectivity index (χ1n) is 7.37. The van der Waals surface area contributed by atoms with Crippen LogP contribution < -0.4 is 5.32 Å². The van der Waals surface area contributed by atoms with Crippen molar-refractivity contribution in [2.75, 3.05) is 5.32 Å². The minimum atomic E-state index is -4.51. The van der Waals surface area contributed by atoms with E-state index in [0.29, 0.717) is 11.1 Å². The van der Waals surface area contributed by atoms with Gasteiger partial charge in [0, 0.05) is 10.9 Å². The van der Waals surface area contributed by atoms with Crippen LogP contribution in [0.4, 0.5) is 18.9 Å².